The van der Waals surface area contributed by atoms with Crippen molar-refractivity contribution in [2.75, 3.05) is 13.1 Å². The molecule has 10 nitrogen and oxygen atoms in total. The molecule has 194 valence electrons. The number of aromatic nitrogens is 2. The lowest BCUT2D eigenvalue weighted by atomic mass is 9.62. The quantitative estimate of drug-likeness (QED) is 0.359. The Labute approximate surface area is 215 Å². The zero-order chi connectivity index (χ0) is 26.1. The van der Waals surface area contributed by atoms with Crippen LogP contribution in [0.15, 0.2) is 82.7 Å². The maximum Gasteiger partial charge on any atom is 0.253 e. The summed E-state index contributed by atoms with van der Waals surface area (Å²) in [5, 5.41) is 15.5. The van der Waals surface area contributed by atoms with Crippen LogP contribution in [0, 0.1) is 15.5 Å². The minimum Gasteiger partial charge on any atom is -0.316 e. The van der Waals surface area contributed by atoms with Gasteiger partial charge >= 0.3 is 0 Å². The summed E-state index contributed by atoms with van der Waals surface area (Å²) < 4.78 is 31.5. The predicted octanol–water partition coefficient (Wildman–Crippen LogP) is 2.44. The Kier molecular flexibility index (Phi) is 6.69. The van der Waals surface area contributed by atoms with Crippen LogP contribution in [0.4, 0.5) is 0 Å². The van der Waals surface area contributed by atoms with Crippen LogP contribution in [0.5, 0.6) is 0 Å². The van der Waals surface area contributed by atoms with Crippen molar-refractivity contribution in [1.82, 2.24) is 19.6 Å². The van der Waals surface area contributed by atoms with Gasteiger partial charge < -0.3 is 5.32 Å². The highest BCUT2D eigenvalue weighted by Gasteiger charge is 2.65. The van der Waals surface area contributed by atoms with E-state index in [0.29, 0.717) is 31.5 Å². The highest BCUT2D eigenvalue weighted by atomic mass is 32.2. The van der Waals surface area contributed by atoms with Gasteiger partial charge in [-0.15, -0.1) is 0 Å². The van der Waals surface area contributed by atoms with E-state index in [-0.39, 0.29) is 34.9 Å². The number of piperidine rings is 1. The Bertz CT molecular complexity index is 1450. The van der Waals surface area contributed by atoms with Crippen molar-refractivity contribution >= 4 is 10.0 Å². The van der Waals surface area contributed by atoms with Gasteiger partial charge in [0.1, 0.15) is 0 Å². The lowest BCUT2D eigenvalue weighted by Crippen LogP contribution is -2.72. The maximum absolute atomic E-state index is 13.6. The first-order valence-corrected chi connectivity index (χ1v) is 13.8. The van der Waals surface area contributed by atoms with Crippen LogP contribution in [0.1, 0.15) is 25.7 Å². The summed E-state index contributed by atoms with van der Waals surface area (Å²) in [5.41, 5.74) is -1.36. The topological polar surface area (TPSA) is 136 Å². The molecule has 0 bridgehead atoms. The number of sulfonamides is 1. The molecular weight excluding hydrogens is 494 g/mol. The molecule has 0 amide bonds. The van der Waals surface area contributed by atoms with Gasteiger partial charge in [0.2, 0.25) is 16.1 Å². The molecule has 1 spiro atoms. The Morgan fingerprint density at radius 1 is 1.11 bits per heavy atom. The minimum absolute atomic E-state index is 0.0635. The molecule has 3 unspecified atom stereocenters. The zero-order valence-electron chi connectivity index (χ0n) is 20.2. The number of nitrogens with one attached hydrogen (secondary N) is 2. The van der Waals surface area contributed by atoms with Gasteiger partial charge in [0, 0.05) is 36.1 Å². The summed E-state index contributed by atoms with van der Waals surface area (Å²) >= 11 is 0. The van der Waals surface area contributed by atoms with Crippen LogP contribution in [0.25, 0.3) is 11.3 Å². The van der Waals surface area contributed by atoms with E-state index in [9.17, 15) is 23.3 Å². The number of nitro groups is 1. The molecule has 1 saturated carbocycles. The summed E-state index contributed by atoms with van der Waals surface area (Å²) in [6, 6.07) is 17.7. The van der Waals surface area contributed by atoms with E-state index in [1.807, 2.05) is 30.3 Å². The molecule has 2 aromatic carbocycles. The lowest BCUT2D eigenvalue weighted by molar-refractivity contribution is -0.542. The van der Waals surface area contributed by atoms with Crippen LogP contribution in [-0.2, 0) is 16.6 Å². The standard InChI is InChI=1S/C26H29N5O5S/c32-24-16-22(20-8-3-1-4-9-20)28-19-30(24)18-26(29-37(35,36)21-10-5-2-6-11-21)14-15-27-17-25(26)13-7-12-23(25)31(33)34/h1-6,8-11,16,19,23,27,29H,7,12-15,17-18H2. The molecule has 1 aromatic heterocycles. The van der Waals surface area contributed by atoms with E-state index in [4.69, 9.17) is 0 Å². The molecule has 3 aromatic rings. The van der Waals surface area contributed by atoms with Gasteiger partial charge in [-0.3, -0.25) is 19.5 Å². The van der Waals surface area contributed by atoms with Gasteiger partial charge in [-0.2, -0.15) is 0 Å². The van der Waals surface area contributed by atoms with Crippen LogP contribution in [0.3, 0.4) is 0 Å². The number of nitrogens with zero attached hydrogens (tertiary/aromatic N) is 3. The fourth-order valence-electron chi connectivity index (χ4n) is 6.10. The average molecular weight is 524 g/mol. The maximum atomic E-state index is 13.6. The molecule has 5 rings (SSSR count). The molecular formula is C26H29N5O5S. The lowest BCUT2D eigenvalue weighted by Gasteiger charge is -2.52. The van der Waals surface area contributed by atoms with E-state index in [1.165, 1.54) is 29.1 Å². The van der Waals surface area contributed by atoms with Gasteiger partial charge in [0.05, 0.1) is 27.9 Å². The third-order valence-electron chi connectivity index (χ3n) is 7.89. The molecule has 0 radical (unpaired) electrons. The summed E-state index contributed by atoms with van der Waals surface area (Å²) in [6.45, 7) is 0.667. The number of hydrogen-bond acceptors (Lipinski definition) is 7. The fraction of sp³-hybridized carbons (Fsp3) is 0.385. The molecule has 1 aliphatic carbocycles. The smallest absolute Gasteiger partial charge is 0.253 e. The number of hydrogen-bond donors (Lipinski definition) is 2. The fourth-order valence-corrected chi connectivity index (χ4v) is 7.61. The molecule has 1 saturated heterocycles. The zero-order valence-corrected chi connectivity index (χ0v) is 21.1. The van der Waals surface area contributed by atoms with Crippen molar-refractivity contribution in [1.29, 1.82) is 0 Å². The summed E-state index contributed by atoms with van der Waals surface area (Å²) in [7, 11) is -4.05. The van der Waals surface area contributed by atoms with Gasteiger partial charge in [-0.05, 0) is 37.9 Å². The molecule has 2 aliphatic rings. The molecule has 11 heteroatoms. The van der Waals surface area contributed by atoms with E-state index < -0.39 is 27.0 Å². The molecule has 2 heterocycles. The van der Waals surface area contributed by atoms with E-state index in [2.05, 4.69) is 15.0 Å². The van der Waals surface area contributed by atoms with Crippen molar-refractivity contribution in [3.05, 3.63) is 93.5 Å². The molecule has 37 heavy (non-hydrogen) atoms. The molecule has 2 N–H and O–H groups in total. The van der Waals surface area contributed by atoms with E-state index in [1.54, 1.807) is 18.2 Å². The Morgan fingerprint density at radius 3 is 2.49 bits per heavy atom. The average Bonchev–Trinajstić information content (AvgIpc) is 3.33. The van der Waals surface area contributed by atoms with Crippen LogP contribution < -0.4 is 15.6 Å². The van der Waals surface area contributed by atoms with Gasteiger partial charge in [0.15, 0.2) is 0 Å². The normalized spacial score (nSPS) is 25.8. The SMILES string of the molecule is O=c1cc(-c2ccccc2)ncn1CC1(NS(=O)(=O)c2ccccc2)CCNCC12CCCC2[N+](=O)[O-]. The molecule has 3 atom stereocenters. The van der Waals surface area contributed by atoms with Crippen molar-refractivity contribution in [3.63, 3.8) is 0 Å². The highest BCUT2D eigenvalue weighted by molar-refractivity contribution is 7.89. The Hall–Kier alpha value is -3.41. The van der Waals surface area contributed by atoms with Crippen molar-refractivity contribution < 1.29 is 13.3 Å². The second-order valence-corrected chi connectivity index (χ2v) is 11.6. The van der Waals surface area contributed by atoms with Crippen molar-refractivity contribution in [2.45, 2.75) is 48.7 Å². The van der Waals surface area contributed by atoms with Crippen LogP contribution in [-0.4, -0.2) is 47.6 Å². The van der Waals surface area contributed by atoms with Crippen LogP contribution in [0.2, 0.25) is 0 Å². The Morgan fingerprint density at radius 2 is 1.81 bits per heavy atom. The van der Waals surface area contributed by atoms with Crippen molar-refractivity contribution in [3.8, 4) is 11.3 Å². The summed E-state index contributed by atoms with van der Waals surface area (Å²) in [6.07, 6.45) is 3.12. The van der Waals surface area contributed by atoms with Gasteiger partial charge in [0.25, 0.3) is 5.56 Å². The first-order valence-electron chi connectivity index (χ1n) is 12.3. The second kappa shape index (κ2) is 9.81. The number of benzene rings is 2. The third-order valence-corrected chi connectivity index (χ3v) is 9.44. The third kappa shape index (κ3) is 4.58. The molecule has 1 aliphatic heterocycles. The summed E-state index contributed by atoms with van der Waals surface area (Å²) in [5.74, 6) is 0. The first kappa shape index (κ1) is 25.2. The Balaban J connectivity index is 1.61. The monoisotopic (exact) mass is 523 g/mol. The molecule has 2 fully saturated rings. The predicted molar refractivity (Wildman–Crippen MR) is 138 cm³/mol. The first-order chi connectivity index (χ1) is 17.8. The summed E-state index contributed by atoms with van der Waals surface area (Å²) in [4.78, 5) is 29.8. The largest absolute Gasteiger partial charge is 0.316 e. The minimum atomic E-state index is -4.05. The second-order valence-electron chi connectivity index (χ2n) is 9.88. The van der Waals surface area contributed by atoms with Gasteiger partial charge in [-0.25, -0.2) is 18.1 Å². The number of rotatable bonds is 7. The van der Waals surface area contributed by atoms with Crippen molar-refractivity contribution in [2.24, 2.45) is 5.41 Å². The van der Waals surface area contributed by atoms with Gasteiger partial charge in [-0.1, -0.05) is 48.5 Å². The van der Waals surface area contributed by atoms with E-state index in [0.717, 1.165) is 5.56 Å². The van der Waals surface area contributed by atoms with Crippen LogP contribution >= 0.6 is 0 Å². The highest BCUT2D eigenvalue weighted by Crippen LogP contribution is 2.51. The van der Waals surface area contributed by atoms with E-state index >= 15 is 0 Å².